The van der Waals surface area contributed by atoms with Gasteiger partial charge >= 0.3 is 0 Å². The van der Waals surface area contributed by atoms with Crippen molar-refractivity contribution in [3.63, 3.8) is 0 Å². The molecule has 17 heavy (non-hydrogen) atoms. The fraction of sp³-hybridized carbons (Fsp3) is 0.600. The SMILES string of the molecule is C[C@H]1Cc2cocc2[C@@H](O)[C@@H]2CC(C)(C)C=C21. The van der Waals surface area contributed by atoms with E-state index in [1.54, 1.807) is 12.5 Å². The Balaban J connectivity index is 2.06. The van der Waals surface area contributed by atoms with E-state index in [2.05, 4.69) is 26.8 Å². The van der Waals surface area contributed by atoms with Crippen LogP contribution in [-0.2, 0) is 6.42 Å². The van der Waals surface area contributed by atoms with E-state index in [9.17, 15) is 5.11 Å². The summed E-state index contributed by atoms with van der Waals surface area (Å²) in [4.78, 5) is 0. The highest BCUT2D eigenvalue weighted by Crippen LogP contribution is 2.50. The first-order chi connectivity index (χ1) is 7.98. The van der Waals surface area contributed by atoms with Gasteiger partial charge in [0, 0.05) is 11.5 Å². The molecule has 0 aromatic carbocycles. The molecule has 3 rings (SSSR count). The maximum absolute atomic E-state index is 10.5. The Labute approximate surface area is 102 Å². The molecule has 0 saturated carbocycles. The van der Waals surface area contributed by atoms with Crippen molar-refractivity contribution < 1.29 is 9.52 Å². The summed E-state index contributed by atoms with van der Waals surface area (Å²) in [5.41, 5.74) is 3.84. The molecule has 0 unspecified atom stereocenters. The number of aliphatic hydroxyl groups excluding tert-OH is 1. The number of furan rings is 1. The third kappa shape index (κ3) is 1.66. The zero-order valence-electron chi connectivity index (χ0n) is 10.7. The van der Waals surface area contributed by atoms with Crippen molar-refractivity contribution in [2.45, 2.75) is 39.7 Å². The van der Waals surface area contributed by atoms with Gasteiger partial charge < -0.3 is 9.52 Å². The molecule has 0 saturated heterocycles. The first kappa shape index (κ1) is 11.1. The van der Waals surface area contributed by atoms with E-state index in [1.807, 2.05) is 0 Å². The Morgan fingerprint density at radius 3 is 2.88 bits per heavy atom. The molecule has 2 aliphatic carbocycles. The molecule has 0 bridgehead atoms. The largest absolute Gasteiger partial charge is 0.472 e. The van der Waals surface area contributed by atoms with Crippen molar-refractivity contribution >= 4 is 0 Å². The van der Waals surface area contributed by atoms with Gasteiger partial charge in [-0.1, -0.05) is 32.4 Å². The fourth-order valence-electron chi connectivity index (χ4n) is 3.53. The second kappa shape index (κ2) is 3.49. The number of aliphatic hydroxyl groups is 1. The number of hydrogen-bond acceptors (Lipinski definition) is 2. The minimum atomic E-state index is -0.387. The van der Waals surface area contributed by atoms with Crippen molar-refractivity contribution in [3.05, 3.63) is 35.3 Å². The Hall–Kier alpha value is -1.02. The lowest BCUT2D eigenvalue weighted by molar-refractivity contribution is 0.113. The average molecular weight is 232 g/mol. The number of rotatable bonds is 0. The van der Waals surface area contributed by atoms with Gasteiger partial charge in [0.15, 0.2) is 0 Å². The predicted molar refractivity (Wildman–Crippen MR) is 66.5 cm³/mol. The van der Waals surface area contributed by atoms with Crippen LogP contribution in [-0.4, -0.2) is 5.11 Å². The van der Waals surface area contributed by atoms with E-state index in [4.69, 9.17) is 4.42 Å². The number of fused-ring (bicyclic) bond motifs is 2. The Morgan fingerprint density at radius 2 is 2.12 bits per heavy atom. The van der Waals surface area contributed by atoms with Gasteiger partial charge in [-0.2, -0.15) is 0 Å². The van der Waals surface area contributed by atoms with Crippen molar-refractivity contribution in [1.82, 2.24) is 0 Å². The van der Waals surface area contributed by atoms with Gasteiger partial charge in [0.25, 0.3) is 0 Å². The molecule has 1 aromatic rings. The number of hydrogen-bond donors (Lipinski definition) is 1. The molecule has 2 nitrogen and oxygen atoms in total. The summed E-state index contributed by atoms with van der Waals surface area (Å²) < 4.78 is 5.26. The smallest absolute Gasteiger partial charge is 0.0963 e. The van der Waals surface area contributed by atoms with Gasteiger partial charge in [-0.3, -0.25) is 0 Å². The summed E-state index contributed by atoms with van der Waals surface area (Å²) in [6.07, 6.45) is 7.54. The molecule has 0 amide bonds. The summed E-state index contributed by atoms with van der Waals surface area (Å²) in [5.74, 6) is 0.786. The van der Waals surface area contributed by atoms with Crippen LogP contribution < -0.4 is 0 Å². The van der Waals surface area contributed by atoms with E-state index in [-0.39, 0.29) is 17.4 Å². The summed E-state index contributed by atoms with van der Waals surface area (Å²) in [5, 5.41) is 10.5. The quantitative estimate of drug-likeness (QED) is 0.695. The monoisotopic (exact) mass is 232 g/mol. The second-order valence-corrected chi connectivity index (χ2v) is 6.35. The molecule has 2 aliphatic rings. The van der Waals surface area contributed by atoms with Crippen LogP contribution in [0.2, 0.25) is 0 Å². The lowest BCUT2D eigenvalue weighted by Gasteiger charge is -2.23. The van der Waals surface area contributed by atoms with Crippen LogP contribution in [0.25, 0.3) is 0 Å². The molecule has 1 aromatic heterocycles. The third-order valence-corrected chi connectivity index (χ3v) is 4.30. The Morgan fingerprint density at radius 1 is 1.35 bits per heavy atom. The molecular formula is C15H20O2. The summed E-state index contributed by atoms with van der Waals surface area (Å²) >= 11 is 0. The summed E-state index contributed by atoms with van der Waals surface area (Å²) in [6.45, 7) is 6.77. The molecule has 1 heterocycles. The normalized spacial score (nSPS) is 34.8. The lowest BCUT2D eigenvalue weighted by atomic mass is 9.85. The van der Waals surface area contributed by atoms with Gasteiger partial charge in [0.05, 0.1) is 18.6 Å². The maximum Gasteiger partial charge on any atom is 0.0963 e. The molecule has 0 aliphatic heterocycles. The summed E-state index contributed by atoms with van der Waals surface area (Å²) in [7, 11) is 0. The zero-order valence-corrected chi connectivity index (χ0v) is 10.7. The Bertz CT molecular complexity index is 467. The van der Waals surface area contributed by atoms with Gasteiger partial charge in [-0.05, 0) is 29.7 Å². The van der Waals surface area contributed by atoms with Crippen LogP contribution in [0.4, 0.5) is 0 Å². The highest BCUT2D eigenvalue weighted by Gasteiger charge is 2.41. The van der Waals surface area contributed by atoms with Crippen LogP contribution in [0.5, 0.6) is 0 Å². The number of allylic oxidation sites excluding steroid dienone is 1. The van der Waals surface area contributed by atoms with Gasteiger partial charge in [-0.25, -0.2) is 0 Å². The standard InChI is InChI=1S/C15H20O2/c1-9-4-10-7-17-8-13(10)14(16)12-6-15(2,3)5-11(9)12/h5,7-9,12,14,16H,4,6H2,1-3H3/t9-,12+,14-/m0/s1. The highest BCUT2D eigenvalue weighted by atomic mass is 16.3. The first-order valence-electron chi connectivity index (χ1n) is 6.43. The zero-order chi connectivity index (χ0) is 12.2. The first-order valence-corrected chi connectivity index (χ1v) is 6.43. The molecular weight excluding hydrogens is 212 g/mol. The van der Waals surface area contributed by atoms with Crippen LogP contribution in [0.15, 0.2) is 28.6 Å². The van der Waals surface area contributed by atoms with E-state index < -0.39 is 0 Å². The molecule has 0 fully saturated rings. The van der Waals surface area contributed by atoms with Crippen molar-refractivity contribution in [3.8, 4) is 0 Å². The molecule has 92 valence electrons. The molecule has 0 spiro atoms. The Kier molecular flexibility index (Phi) is 2.27. The lowest BCUT2D eigenvalue weighted by Crippen LogP contribution is -2.15. The maximum atomic E-state index is 10.5. The summed E-state index contributed by atoms with van der Waals surface area (Å²) in [6, 6.07) is 0. The second-order valence-electron chi connectivity index (χ2n) is 6.35. The van der Waals surface area contributed by atoms with Gasteiger partial charge in [-0.15, -0.1) is 0 Å². The minimum absolute atomic E-state index is 0.219. The molecule has 0 radical (unpaired) electrons. The highest BCUT2D eigenvalue weighted by molar-refractivity contribution is 5.35. The molecule has 3 atom stereocenters. The average Bonchev–Trinajstić information content (AvgIpc) is 2.79. The fourth-order valence-corrected chi connectivity index (χ4v) is 3.53. The van der Waals surface area contributed by atoms with E-state index in [0.717, 1.165) is 18.4 Å². The predicted octanol–water partition coefficient (Wildman–Crippen LogP) is 3.48. The van der Waals surface area contributed by atoms with Crippen LogP contribution in [0, 0.1) is 17.3 Å². The van der Waals surface area contributed by atoms with Gasteiger partial charge in [0.2, 0.25) is 0 Å². The molecule has 2 heteroatoms. The van der Waals surface area contributed by atoms with E-state index in [1.165, 1.54) is 11.1 Å². The van der Waals surface area contributed by atoms with E-state index in [0.29, 0.717) is 5.92 Å². The minimum Gasteiger partial charge on any atom is -0.472 e. The van der Waals surface area contributed by atoms with Crippen molar-refractivity contribution in [2.75, 3.05) is 0 Å². The van der Waals surface area contributed by atoms with Crippen LogP contribution in [0.1, 0.15) is 44.4 Å². The van der Waals surface area contributed by atoms with Crippen LogP contribution in [0.3, 0.4) is 0 Å². The molecule has 1 N–H and O–H groups in total. The third-order valence-electron chi connectivity index (χ3n) is 4.30. The van der Waals surface area contributed by atoms with Crippen LogP contribution >= 0.6 is 0 Å². The topological polar surface area (TPSA) is 33.4 Å². The van der Waals surface area contributed by atoms with E-state index >= 15 is 0 Å². The van der Waals surface area contributed by atoms with Crippen molar-refractivity contribution in [2.24, 2.45) is 17.3 Å². The van der Waals surface area contributed by atoms with Gasteiger partial charge in [0.1, 0.15) is 0 Å². The van der Waals surface area contributed by atoms with Crippen molar-refractivity contribution in [1.29, 1.82) is 0 Å².